The summed E-state index contributed by atoms with van der Waals surface area (Å²) in [5.41, 5.74) is 2.88. The lowest BCUT2D eigenvalue weighted by Crippen LogP contribution is -2.49. The number of nitrogens with one attached hydrogen (secondary N) is 1. The van der Waals surface area contributed by atoms with Gasteiger partial charge in [0.15, 0.2) is 11.5 Å². The lowest BCUT2D eigenvalue weighted by atomic mass is 9.91. The second-order valence-corrected chi connectivity index (χ2v) is 7.89. The maximum atomic E-state index is 12.8. The van der Waals surface area contributed by atoms with Crippen molar-refractivity contribution < 1.29 is 19.0 Å². The van der Waals surface area contributed by atoms with Crippen molar-refractivity contribution in [3.8, 4) is 17.2 Å². The minimum atomic E-state index is -0.170. The number of ether oxygens (including phenoxy) is 3. The van der Waals surface area contributed by atoms with E-state index in [4.69, 9.17) is 14.2 Å². The molecule has 1 unspecified atom stereocenters. The van der Waals surface area contributed by atoms with Gasteiger partial charge in [0.1, 0.15) is 0 Å². The molecule has 0 aromatic heterocycles. The molecule has 2 aliphatic rings. The molecule has 2 heterocycles. The average Bonchev–Trinajstić information content (AvgIpc) is 3.07. The summed E-state index contributed by atoms with van der Waals surface area (Å²) in [4.78, 5) is 15.2. The summed E-state index contributed by atoms with van der Waals surface area (Å²) in [6.07, 6.45) is 2.84. The van der Waals surface area contributed by atoms with Gasteiger partial charge in [-0.3, -0.25) is 9.69 Å². The van der Waals surface area contributed by atoms with Gasteiger partial charge in [0, 0.05) is 25.2 Å². The molecule has 6 nitrogen and oxygen atoms in total. The molecule has 0 radical (unpaired) electrons. The molecule has 1 fully saturated rings. The number of carbonyl (C=O) groups excluding carboxylic acids is 1. The largest absolute Gasteiger partial charge is 0.493 e. The van der Waals surface area contributed by atoms with Crippen molar-refractivity contribution in [2.45, 2.75) is 31.3 Å². The fourth-order valence-electron chi connectivity index (χ4n) is 4.59. The summed E-state index contributed by atoms with van der Waals surface area (Å²) in [5.74, 6) is 1.97. The first-order valence-corrected chi connectivity index (χ1v) is 9.99. The quantitative estimate of drug-likeness (QED) is 0.842. The normalized spacial score (nSPS) is 21.4. The second kappa shape index (κ2) is 7.95. The van der Waals surface area contributed by atoms with Gasteiger partial charge in [0.25, 0.3) is 5.91 Å². The number of amides is 1. The summed E-state index contributed by atoms with van der Waals surface area (Å²) in [6.45, 7) is 2.54. The summed E-state index contributed by atoms with van der Waals surface area (Å²) < 4.78 is 16.4. The highest BCUT2D eigenvalue weighted by atomic mass is 16.5. The van der Waals surface area contributed by atoms with E-state index < -0.39 is 0 Å². The van der Waals surface area contributed by atoms with Gasteiger partial charge in [-0.2, -0.15) is 0 Å². The first-order valence-electron chi connectivity index (χ1n) is 9.99. The second-order valence-electron chi connectivity index (χ2n) is 7.89. The SMILES string of the molecule is COc1cc(CN2CCC3(CCc4ccccc4C(=O)N3)C2)cc(OC)c1OC. The van der Waals surface area contributed by atoms with Crippen molar-refractivity contribution in [1.82, 2.24) is 10.2 Å². The smallest absolute Gasteiger partial charge is 0.252 e. The van der Waals surface area contributed by atoms with Crippen LogP contribution in [0.4, 0.5) is 0 Å². The van der Waals surface area contributed by atoms with Crippen LogP contribution in [0.15, 0.2) is 36.4 Å². The van der Waals surface area contributed by atoms with E-state index in [0.29, 0.717) is 17.2 Å². The molecular weight excluding hydrogens is 368 g/mol. The monoisotopic (exact) mass is 396 g/mol. The molecule has 2 aliphatic heterocycles. The summed E-state index contributed by atoms with van der Waals surface area (Å²) in [6, 6.07) is 11.9. The van der Waals surface area contributed by atoms with Crippen LogP contribution in [0.5, 0.6) is 17.2 Å². The van der Waals surface area contributed by atoms with Gasteiger partial charge in [-0.15, -0.1) is 0 Å². The van der Waals surface area contributed by atoms with Gasteiger partial charge >= 0.3 is 0 Å². The van der Waals surface area contributed by atoms with Crippen LogP contribution < -0.4 is 19.5 Å². The zero-order valence-electron chi connectivity index (χ0n) is 17.3. The lowest BCUT2D eigenvalue weighted by molar-refractivity contribution is 0.0902. The number of benzene rings is 2. The molecule has 1 N–H and O–H groups in total. The van der Waals surface area contributed by atoms with Crippen LogP contribution in [-0.2, 0) is 13.0 Å². The van der Waals surface area contributed by atoms with Crippen LogP contribution in [0, 0.1) is 0 Å². The van der Waals surface area contributed by atoms with E-state index in [0.717, 1.165) is 55.6 Å². The molecule has 0 aliphatic carbocycles. The molecule has 1 spiro atoms. The maximum absolute atomic E-state index is 12.8. The summed E-state index contributed by atoms with van der Waals surface area (Å²) in [5, 5.41) is 3.34. The van der Waals surface area contributed by atoms with Crippen LogP contribution >= 0.6 is 0 Å². The third kappa shape index (κ3) is 3.77. The fourth-order valence-corrected chi connectivity index (χ4v) is 4.59. The van der Waals surface area contributed by atoms with Crippen molar-refractivity contribution in [2.24, 2.45) is 0 Å². The molecule has 0 bridgehead atoms. The number of rotatable bonds is 5. The number of methoxy groups -OCH3 is 3. The molecule has 1 saturated heterocycles. The van der Waals surface area contributed by atoms with Crippen molar-refractivity contribution in [3.63, 3.8) is 0 Å². The molecular formula is C23H28N2O4. The molecule has 6 heteroatoms. The van der Waals surface area contributed by atoms with E-state index in [1.807, 2.05) is 30.3 Å². The highest BCUT2D eigenvalue weighted by Gasteiger charge is 2.41. The van der Waals surface area contributed by atoms with Crippen LogP contribution in [0.25, 0.3) is 0 Å². The number of carbonyl (C=O) groups is 1. The van der Waals surface area contributed by atoms with Crippen molar-refractivity contribution in [2.75, 3.05) is 34.4 Å². The Balaban J connectivity index is 1.50. The van der Waals surface area contributed by atoms with E-state index in [-0.39, 0.29) is 11.4 Å². The Morgan fingerprint density at radius 1 is 1.03 bits per heavy atom. The molecule has 154 valence electrons. The predicted octanol–water partition coefficient (Wildman–Crippen LogP) is 3.03. The minimum absolute atomic E-state index is 0.0488. The lowest BCUT2D eigenvalue weighted by Gasteiger charge is -2.29. The molecule has 29 heavy (non-hydrogen) atoms. The highest BCUT2D eigenvalue weighted by molar-refractivity contribution is 5.96. The average molecular weight is 396 g/mol. The Morgan fingerprint density at radius 2 is 1.76 bits per heavy atom. The molecule has 1 atom stereocenters. The zero-order valence-corrected chi connectivity index (χ0v) is 17.3. The van der Waals surface area contributed by atoms with Crippen LogP contribution in [0.1, 0.15) is 34.3 Å². The van der Waals surface area contributed by atoms with Crippen molar-refractivity contribution in [1.29, 1.82) is 0 Å². The van der Waals surface area contributed by atoms with Gasteiger partial charge < -0.3 is 19.5 Å². The van der Waals surface area contributed by atoms with E-state index in [1.165, 1.54) is 0 Å². The first-order chi connectivity index (χ1) is 14.1. The van der Waals surface area contributed by atoms with Crippen LogP contribution in [0.3, 0.4) is 0 Å². The number of aryl methyl sites for hydroxylation is 1. The number of fused-ring (bicyclic) bond motifs is 1. The topological polar surface area (TPSA) is 60.0 Å². The van der Waals surface area contributed by atoms with Gasteiger partial charge in [-0.05, 0) is 48.6 Å². The fraction of sp³-hybridized carbons (Fsp3) is 0.435. The van der Waals surface area contributed by atoms with Gasteiger partial charge in [-0.25, -0.2) is 0 Å². The summed E-state index contributed by atoms with van der Waals surface area (Å²) >= 11 is 0. The van der Waals surface area contributed by atoms with Crippen LogP contribution in [0.2, 0.25) is 0 Å². The predicted molar refractivity (Wildman–Crippen MR) is 111 cm³/mol. The van der Waals surface area contributed by atoms with Crippen molar-refractivity contribution in [3.05, 3.63) is 53.1 Å². The summed E-state index contributed by atoms with van der Waals surface area (Å²) in [7, 11) is 4.87. The van der Waals surface area contributed by atoms with E-state index in [1.54, 1.807) is 21.3 Å². The molecule has 1 amide bonds. The highest BCUT2D eigenvalue weighted by Crippen LogP contribution is 2.39. The Hall–Kier alpha value is -2.73. The Morgan fingerprint density at radius 3 is 2.45 bits per heavy atom. The first kappa shape index (κ1) is 19.6. The zero-order chi connectivity index (χ0) is 20.4. The number of hydrogen-bond acceptors (Lipinski definition) is 5. The third-order valence-electron chi connectivity index (χ3n) is 6.08. The Bertz CT molecular complexity index is 888. The van der Waals surface area contributed by atoms with Gasteiger partial charge in [-0.1, -0.05) is 18.2 Å². The Kier molecular flexibility index (Phi) is 5.37. The minimum Gasteiger partial charge on any atom is -0.493 e. The molecule has 4 rings (SSSR count). The molecule has 2 aromatic carbocycles. The molecule has 2 aromatic rings. The standard InChI is InChI=1S/C23H28N2O4/c1-27-19-12-16(13-20(28-2)21(19)29-3)14-25-11-10-23(15-25)9-8-17-6-4-5-7-18(17)22(26)24-23/h4-7,12-13H,8-11,14-15H2,1-3H3,(H,24,26). The van der Waals surface area contributed by atoms with Crippen LogP contribution in [-0.4, -0.2) is 50.8 Å². The van der Waals surface area contributed by atoms with Gasteiger partial charge in [0.05, 0.1) is 26.9 Å². The van der Waals surface area contributed by atoms with Gasteiger partial charge in [0.2, 0.25) is 5.75 Å². The Labute approximate surface area is 171 Å². The third-order valence-corrected chi connectivity index (χ3v) is 6.08. The molecule has 0 saturated carbocycles. The van der Waals surface area contributed by atoms with E-state index in [9.17, 15) is 4.79 Å². The number of hydrogen-bond donors (Lipinski definition) is 1. The number of likely N-dealkylation sites (tertiary alicyclic amines) is 1. The van der Waals surface area contributed by atoms with Crippen molar-refractivity contribution >= 4 is 5.91 Å². The maximum Gasteiger partial charge on any atom is 0.252 e. The van der Waals surface area contributed by atoms with E-state index in [2.05, 4.69) is 16.3 Å². The number of nitrogens with zero attached hydrogens (tertiary/aromatic N) is 1. The van der Waals surface area contributed by atoms with E-state index >= 15 is 0 Å².